The average Bonchev–Trinajstić information content (AvgIpc) is 2.33. The maximum Gasteiger partial charge on any atom is 0.0148 e. The lowest BCUT2D eigenvalue weighted by Crippen LogP contribution is -1.96. The van der Waals surface area contributed by atoms with Crippen molar-refractivity contribution < 1.29 is 0 Å². The SMILES string of the molecule is CCCC=CCCCC(Br)CCC=CCCC. The second-order valence-electron chi connectivity index (χ2n) is 4.63. The van der Waals surface area contributed by atoms with Crippen LogP contribution in [-0.2, 0) is 0 Å². The normalized spacial score (nSPS) is 13.8. The molecular weight excluding hydrogens is 272 g/mol. The molecule has 0 N–H and O–H groups in total. The molecule has 0 aliphatic carbocycles. The van der Waals surface area contributed by atoms with E-state index >= 15 is 0 Å². The third-order valence-corrected chi connectivity index (χ3v) is 3.69. The molecule has 1 unspecified atom stereocenters. The van der Waals surface area contributed by atoms with Crippen LogP contribution in [0.3, 0.4) is 0 Å². The van der Waals surface area contributed by atoms with E-state index in [2.05, 4.69) is 54.1 Å². The lowest BCUT2D eigenvalue weighted by atomic mass is 10.1. The van der Waals surface area contributed by atoms with Gasteiger partial charge in [0.25, 0.3) is 0 Å². The minimum Gasteiger partial charge on any atom is -0.0891 e. The Balaban J connectivity index is 3.31. The van der Waals surface area contributed by atoms with Crippen LogP contribution in [-0.4, -0.2) is 4.83 Å². The average molecular weight is 301 g/mol. The summed E-state index contributed by atoms with van der Waals surface area (Å²) in [5.74, 6) is 0. The number of alkyl halides is 1. The van der Waals surface area contributed by atoms with Gasteiger partial charge in [-0.25, -0.2) is 0 Å². The van der Waals surface area contributed by atoms with Crippen LogP contribution in [0.4, 0.5) is 0 Å². The molecule has 0 aromatic carbocycles. The van der Waals surface area contributed by atoms with Crippen LogP contribution < -0.4 is 0 Å². The Morgan fingerprint density at radius 2 is 1.29 bits per heavy atom. The molecule has 0 aliphatic heterocycles. The molecule has 0 aromatic rings. The molecule has 0 rings (SSSR count). The summed E-state index contributed by atoms with van der Waals surface area (Å²) in [5, 5.41) is 0. The molecule has 0 bridgehead atoms. The van der Waals surface area contributed by atoms with E-state index in [4.69, 9.17) is 0 Å². The van der Waals surface area contributed by atoms with Gasteiger partial charge in [0.15, 0.2) is 0 Å². The lowest BCUT2D eigenvalue weighted by Gasteiger charge is -2.06. The molecular formula is C16H29Br. The molecule has 1 heteroatoms. The first-order chi connectivity index (χ1) is 8.31. The van der Waals surface area contributed by atoms with Crippen molar-refractivity contribution >= 4 is 15.9 Å². The topological polar surface area (TPSA) is 0 Å². The zero-order chi connectivity index (χ0) is 12.8. The number of hydrogen-bond acceptors (Lipinski definition) is 0. The number of unbranched alkanes of at least 4 members (excludes halogenated alkanes) is 3. The minimum absolute atomic E-state index is 0.702. The molecule has 0 saturated heterocycles. The van der Waals surface area contributed by atoms with Gasteiger partial charge in [-0.3, -0.25) is 0 Å². The van der Waals surface area contributed by atoms with Gasteiger partial charge >= 0.3 is 0 Å². The van der Waals surface area contributed by atoms with Crippen molar-refractivity contribution in [3.8, 4) is 0 Å². The molecule has 0 radical (unpaired) electrons. The summed E-state index contributed by atoms with van der Waals surface area (Å²) in [4.78, 5) is 0.702. The fourth-order valence-electron chi connectivity index (χ4n) is 1.68. The maximum absolute atomic E-state index is 3.77. The van der Waals surface area contributed by atoms with Crippen LogP contribution in [0.15, 0.2) is 24.3 Å². The van der Waals surface area contributed by atoms with Crippen molar-refractivity contribution in [1.82, 2.24) is 0 Å². The summed E-state index contributed by atoms with van der Waals surface area (Å²) in [7, 11) is 0. The highest BCUT2D eigenvalue weighted by Crippen LogP contribution is 2.16. The first-order valence-corrected chi connectivity index (χ1v) is 8.16. The minimum atomic E-state index is 0.702. The number of rotatable bonds is 11. The second kappa shape index (κ2) is 14.0. The van der Waals surface area contributed by atoms with Crippen molar-refractivity contribution in [2.75, 3.05) is 0 Å². The second-order valence-corrected chi connectivity index (χ2v) is 5.92. The lowest BCUT2D eigenvalue weighted by molar-refractivity contribution is 0.675. The largest absolute Gasteiger partial charge is 0.0891 e. The van der Waals surface area contributed by atoms with E-state index in [0.29, 0.717) is 4.83 Å². The first-order valence-electron chi connectivity index (χ1n) is 7.25. The van der Waals surface area contributed by atoms with Crippen molar-refractivity contribution in [2.45, 2.75) is 76.5 Å². The van der Waals surface area contributed by atoms with Gasteiger partial charge in [0.1, 0.15) is 0 Å². The van der Waals surface area contributed by atoms with Crippen LogP contribution >= 0.6 is 15.9 Å². The zero-order valence-electron chi connectivity index (χ0n) is 11.6. The van der Waals surface area contributed by atoms with Gasteiger partial charge in [-0.15, -0.1) is 0 Å². The first kappa shape index (κ1) is 17.0. The molecule has 0 nitrogen and oxygen atoms in total. The number of allylic oxidation sites excluding steroid dienone is 4. The van der Waals surface area contributed by atoms with E-state index in [1.165, 1.54) is 57.8 Å². The highest BCUT2D eigenvalue weighted by molar-refractivity contribution is 9.09. The summed E-state index contributed by atoms with van der Waals surface area (Å²) in [6.45, 7) is 4.45. The molecule has 100 valence electrons. The smallest absolute Gasteiger partial charge is 0.0148 e. The highest BCUT2D eigenvalue weighted by Gasteiger charge is 2.01. The van der Waals surface area contributed by atoms with Crippen LogP contribution in [0.5, 0.6) is 0 Å². The molecule has 0 fully saturated rings. The van der Waals surface area contributed by atoms with Gasteiger partial charge in [-0.2, -0.15) is 0 Å². The van der Waals surface area contributed by atoms with E-state index < -0.39 is 0 Å². The van der Waals surface area contributed by atoms with E-state index in [1.807, 2.05) is 0 Å². The summed E-state index contributed by atoms with van der Waals surface area (Å²) in [5.41, 5.74) is 0. The Hall–Kier alpha value is -0.0400. The van der Waals surface area contributed by atoms with E-state index in [0.717, 1.165) is 0 Å². The van der Waals surface area contributed by atoms with Gasteiger partial charge in [-0.1, -0.05) is 66.9 Å². The predicted molar refractivity (Wildman–Crippen MR) is 83.9 cm³/mol. The van der Waals surface area contributed by atoms with Gasteiger partial charge < -0.3 is 0 Å². The van der Waals surface area contributed by atoms with Gasteiger partial charge in [-0.05, 0) is 44.9 Å². The Bertz CT molecular complexity index is 194. The Labute approximate surface area is 117 Å². The summed E-state index contributed by atoms with van der Waals surface area (Å²) >= 11 is 3.77. The van der Waals surface area contributed by atoms with Crippen LogP contribution in [0.1, 0.15) is 71.6 Å². The number of halogens is 1. The summed E-state index contributed by atoms with van der Waals surface area (Å²) in [6, 6.07) is 0. The molecule has 0 aromatic heterocycles. The fourth-order valence-corrected chi connectivity index (χ4v) is 2.27. The van der Waals surface area contributed by atoms with Gasteiger partial charge in [0.2, 0.25) is 0 Å². The Morgan fingerprint density at radius 3 is 1.88 bits per heavy atom. The van der Waals surface area contributed by atoms with Crippen LogP contribution in [0, 0.1) is 0 Å². The third-order valence-electron chi connectivity index (χ3n) is 2.78. The number of hydrogen-bond donors (Lipinski definition) is 0. The highest BCUT2D eigenvalue weighted by atomic mass is 79.9. The monoisotopic (exact) mass is 300 g/mol. The van der Waals surface area contributed by atoms with Crippen LogP contribution in [0.25, 0.3) is 0 Å². The molecule has 0 spiro atoms. The van der Waals surface area contributed by atoms with Gasteiger partial charge in [0.05, 0.1) is 0 Å². The fraction of sp³-hybridized carbons (Fsp3) is 0.750. The van der Waals surface area contributed by atoms with E-state index in [9.17, 15) is 0 Å². The van der Waals surface area contributed by atoms with Crippen molar-refractivity contribution in [1.29, 1.82) is 0 Å². The Kier molecular flexibility index (Phi) is 14.0. The van der Waals surface area contributed by atoms with Crippen LogP contribution in [0.2, 0.25) is 0 Å². The van der Waals surface area contributed by atoms with Gasteiger partial charge in [0, 0.05) is 4.83 Å². The Morgan fingerprint density at radius 1 is 0.765 bits per heavy atom. The zero-order valence-corrected chi connectivity index (χ0v) is 13.2. The summed E-state index contributed by atoms with van der Waals surface area (Å²) in [6.07, 6.45) is 20.7. The standard InChI is InChI=1S/C16H29Br/c1-3-5-7-9-11-13-15-16(17)14-12-10-8-6-4-2/h7-10,16H,3-6,11-15H2,1-2H3. The molecule has 0 heterocycles. The maximum atomic E-state index is 3.77. The molecule has 17 heavy (non-hydrogen) atoms. The molecule has 0 saturated carbocycles. The van der Waals surface area contributed by atoms with Crippen molar-refractivity contribution in [2.24, 2.45) is 0 Å². The summed E-state index contributed by atoms with van der Waals surface area (Å²) < 4.78 is 0. The third kappa shape index (κ3) is 13.9. The van der Waals surface area contributed by atoms with Crippen molar-refractivity contribution in [3.05, 3.63) is 24.3 Å². The van der Waals surface area contributed by atoms with E-state index in [-0.39, 0.29) is 0 Å². The van der Waals surface area contributed by atoms with E-state index in [1.54, 1.807) is 0 Å². The molecule has 0 aliphatic rings. The molecule has 0 amide bonds. The van der Waals surface area contributed by atoms with Crippen molar-refractivity contribution in [3.63, 3.8) is 0 Å². The molecule has 1 atom stereocenters. The predicted octanol–water partition coefficient (Wildman–Crippen LogP) is 6.41. The quantitative estimate of drug-likeness (QED) is 0.235.